The van der Waals surface area contributed by atoms with Gasteiger partial charge in [0, 0.05) is 30.4 Å². The molecule has 0 spiro atoms. The highest BCUT2D eigenvalue weighted by atomic mass is 15.2. The normalized spacial score (nSPS) is 13.4. The molecule has 1 aromatic rings. The molecule has 1 heterocycles. The van der Waals surface area contributed by atoms with Crippen LogP contribution >= 0.6 is 0 Å². The van der Waals surface area contributed by atoms with Crippen LogP contribution in [0.25, 0.3) is 0 Å². The van der Waals surface area contributed by atoms with Crippen LogP contribution in [0.4, 0.5) is 5.82 Å². The molecule has 0 aromatic carbocycles. The molecule has 1 atom stereocenters. The lowest BCUT2D eigenvalue weighted by Gasteiger charge is -2.37. The molecule has 0 saturated heterocycles. The van der Waals surface area contributed by atoms with Gasteiger partial charge in [-0.1, -0.05) is 19.9 Å². The molecule has 102 valence electrons. The van der Waals surface area contributed by atoms with Gasteiger partial charge in [0.1, 0.15) is 5.82 Å². The molecule has 1 N–H and O–H groups in total. The lowest BCUT2D eigenvalue weighted by atomic mass is 9.98. The summed E-state index contributed by atoms with van der Waals surface area (Å²) < 4.78 is 0. The van der Waals surface area contributed by atoms with Gasteiger partial charge in [-0.15, -0.1) is 0 Å². The molecule has 0 aliphatic rings. The Kier molecular flexibility index (Phi) is 5.15. The second-order valence-corrected chi connectivity index (χ2v) is 5.42. The molecule has 18 heavy (non-hydrogen) atoms. The van der Waals surface area contributed by atoms with Crippen LogP contribution in [-0.2, 0) is 0 Å². The third-order valence-corrected chi connectivity index (χ3v) is 3.88. The van der Waals surface area contributed by atoms with Gasteiger partial charge in [0.2, 0.25) is 0 Å². The number of hydrogen-bond donors (Lipinski definition) is 1. The minimum absolute atomic E-state index is 0.120. The molecule has 0 fully saturated rings. The highest BCUT2D eigenvalue weighted by Gasteiger charge is 2.25. The van der Waals surface area contributed by atoms with E-state index in [9.17, 15) is 0 Å². The van der Waals surface area contributed by atoms with Crippen LogP contribution in [0.5, 0.6) is 0 Å². The van der Waals surface area contributed by atoms with Gasteiger partial charge < -0.3 is 10.2 Å². The quantitative estimate of drug-likeness (QED) is 0.837. The van der Waals surface area contributed by atoms with Crippen molar-refractivity contribution in [3.8, 4) is 0 Å². The third-order valence-electron chi connectivity index (χ3n) is 3.88. The van der Waals surface area contributed by atoms with Crippen molar-refractivity contribution >= 4 is 5.82 Å². The molecule has 3 heteroatoms. The van der Waals surface area contributed by atoms with Crippen LogP contribution in [-0.4, -0.2) is 24.1 Å². The van der Waals surface area contributed by atoms with Gasteiger partial charge in [0.15, 0.2) is 0 Å². The summed E-state index contributed by atoms with van der Waals surface area (Å²) in [6, 6.07) is 4.51. The fraction of sp³-hybridized carbons (Fsp3) is 0.667. The summed E-state index contributed by atoms with van der Waals surface area (Å²) in [7, 11) is 2.13. The predicted molar refractivity (Wildman–Crippen MR) is 79.1 cm³/mol. The minimum atomic E-state index is 0.120. The van der Waals surface area contributed by atoms with Crippen molar-refractivity contribution in [1.82, 2.24) is 10.3 Å². The van der Waals surface area contributed by atoms with Gasteiger partial charge in [-0.2, -0.15) is 0 Å². The van der Waals surface area contributed by atoms with Crippen molar-refractivity contribution in [3.63, 3.8) is 0 Å². The largest absolute Gasteiger partial charge is 0.354 e. The number of nitrogens with zero attached hydrogens (tertiary/aromatic N) is 2. The van der Waals surface area contributed by atoms with Crippen LogP contribution in [0.2, 0.25) is 0 Å². The number of aromatic nitrogens is 1. The second-order valence-electron chi connectivity index (χ2n) is 5.42. The van der Waals surface area contributed by atoms with Gasteiger partial charge in [-0.25, -0.2) is 4.98 Å². The summed E-state index contributed by atoms with van der Waals surface area (Å²) in [6.07, 6.45) is 2.97. The predicted octanol–water partition coefficient (Wildman–Crippen LogP) is 3.38. The van der Waals surface area contributed by atoms with Crippen molar-refractivity contribution < 1.29 is 0 Å². The van der Waals surface area contributed by atoms with Gasteiger partial charge >= 0.3 is 0 Å². The summed E-state index contributed by atoms with van der Waals surface area (Å²) in [5, 5.41) is 3.46. The molecule has 0 saturated carbocycles. The van der Waals surface area contributed by atoms with Gasteiger partial charge in [0.05, 0.1) is 0 Å². The molecule has 0 radical (unpaired) electrons. The number of rotatable bonds is 6. The topological polar surface area (TPSA) is 28.2 Å². The van der Waals surface area contributed by atoms with Gasteiger partial charge in [-0.3, -0.25) is 0 Å². The Balaban J connectivity index is 3.09. The maximum absolute atomic E-state index is 4.58. The first-order valence-electron chi connectivity index (χ1n) is 6.86. The third kappa shape index (κ3) is 3.22. The zero-order valence-corrected chi connectivity index (χ0v) is 12.6. The highest BCUT2D eigenvalue weighted by Crippen LogP contribution is 2.29. The maximum Gasteiger partial charge on any atom is 0.133 e. The van der Waals surface area contributed by atoms with Crippen LogP contribution in [0.3, 0.4) is 0 Å². The van der Waals surface area contributed by atoms with Crippen LogP contribution < -0.4 is 10.2 Å². The number of hydrogen-bond acceptors (Lipinski definition) is 3. The van der Waals surface area contributed by atoms with E-state index in [1.165, 1.54) is 5.56 Å². The average Bonchev–Trinajstić information content (AvgIpc) is 2.38. The number of anilines is 1. The molecule has 0 bridgehead atoms. The zero-order valence-electron chi connectivity index (χ0n) is 12.6. The monoisotopic (exact) mass is 249 g/mol. The first-order valence-corrected chi connectivity index (χ1v) is 6.86. The van der Waals surface area contributed by atoms with Crippen LogP contribution in [0, 0.1) is 0 Å². The standard InChI is InChI=1S/C15H27N3/c1-7-15(4,5)18(6)14-13(10-9-11-17-14)12(3)16-8-2/h9-12,16H,7-8H2,1-6H3. The average molecular weight is 249 g/mol. The maximum atomic E-state index is 4.58. The number of nitrogens with one attached hydrogen (secondary N) is 1. The zero-order chi connectivity index (χ0) is 13.8. The fourth-order valence-corrected chi connectivity index (χ4v) is 1.97. The smallest absolute Gasteiger partial charge is 0.133 e. The molecule has 0 amide bonds. The molecule has 3 nitrogen and oxygen atoms in total. The van der Waals surface area contributed by atoms with E-state index in [1.807, 2.05) is 12.3 Å². The van der Waals surface area contributed by atoms with Gasteiger partial charge in [-0.05, 0) is 39.8 Å². The van der Waals surface area contributed by atoms with E-state index in [-0.39, 0.29) is 5.54 Å². The lowest BCUT2D eigenvalue weighted by molar-refractivity contribution is 0.463. The summed E-state index contributed by atoms with van der Waals surface area (Å²) in [5.74, 6) is 1.08. The Morgan fingerprint density at radius 1 is 1.39 bits per heavy atom. The Labute approximate surface area is 112 Å². The Hall–Kier alpha value is -1.09. The van der Waals surface area contributed by atoms with E-state index in [0.29, 0.717) is 6.04 Å². The van der Waals surface area contributed by atoms with Crippen LogP contribution in [0.15, 0.2) is 18.3 Å². The first-order chi connectivity index (χ1) is 8.44. The Bertz CT molecular complexity index is 374. The molecule has 1 aromatic heterocycles. The van der Waals surface area contributed by atoms with E-state index < -0.39 is 0 Å². The highest BCUT2D eigenvalue weighted by molar-refractivity contribution is 5.49. The molecule has 0 aliphatic carbocycles. The Morgan fingerprint density at radius 2 is 2.06 bits per heavy atom. The van der Waals surface area contributed by atoms with E-state index in [4.69, 9.17) is 0 Å². The SMILES string of the molecule is CCNC(C)c1cccnc1N(C)C(C)(C)CC. The van der Waals surface area contributed by atoms with Crippen molar-refractivity contribution in [1.29, 1.82) is 0 Å². The van der Waals surface area contributed by atoms with Crippen LogP contribution in [0.1, 0.15) is 52.6 Å². The van der Waals surface area contributed by atoms with E-state index in [1.54, 1.807) is 0 Å². The van der Waals surface area contributed by atoms with Crippen molar-refractivity contribution in [2.24, 2.45) is 0 Å². The van der Waals surface area contributed by atoms with E-state index in [0.717, 1.165) is 18.8 Å². The summed E-state index contributed by atoms with van der Waals surface area (Å²) in [4.78, 5) is 6.87. The minimum Gasteiger partial charge on any atom is -0.354 e. The summed E-state index contributed by atoms with van der Waals surface area (Å²) in [5.41, 5.74) is 1.39. The van der Waals surface area contributed by atoms with Gasteiger partial charge in [0.25, 0.3) is 0 Å². The van der Waals surface area contributed by atoms with Crippen molar-refractivity contribution in [2.75, 3.05) is 18.5 Å². The molecule has 1 rings (SSSR count). The summed E-state index contributed by atoms with van der Waals surface area (Å²) >= 11 is 0. The number of pyridine rings is 1. The fourth-order valence-electron chi connectivity index (χ4n) is 1.97. The Morgan fingerprint density at radius 3 is 2.61 bits per heavy atom. The van der Waals surface area contributed by atoms with E-state index >= 15 is 0 Å². The van der Waals surface area contributed by atoms with E-state index in [2.05, 4.69) is 62.9 Å². The molecular formula is C15H27N3. The molecular weight excluding hydrogens is 222 g/mol. The second kappa shape index (κ2) is 6.19. The first kappa shape index (κ1) is 15.0. The molecule has 0 aliphatic heterocycles. The summed E-state index contributed by atoms with van der Waals surface area (Å²) in [6.45, 7) is 12.0. The molecule has 1 unspecified atom stereocenters. The van der Waals surface area contributed by atoms with Crippen molar-refractivity contribution in [2.45, 2.75) is 52.6 Å². The van der Waals surface area contributed by atoms with Crippen molar-refractivity contribution in [3.05, 3.63) is 23.9 Å². The lowest BCUT2D eigenvalue weighted by Crippen LogP contribution is -2.42.